The Morgan fingerprint density at radius 3 is 2.52 bits per heavy atom. The van der Waals surface area contributed by atoms with E-state index in [0.717, 1.165) is 15.7 Å². The minimum Gasteiger partial charge on any atom is -0.272 e. The van der Waals surface area contributed by atoms with Gasteiger partial charge in [-0.1, -0.05) is 74.0 Å². The van der Waals surface area contributed by atoms with Gasteiger partial charge in [0.1, 0.15) is 5.82 Å². The second-order valence-corrected chi connectivity index (χ2v) is 9.51. The molecule has 0 atom stereocenters. The molecule has 0 fully saturated rings. The topological polar surface area (TPSA) is 72.2 Å². The van der Waals surface area contributed by atoms with Crippen LogP contribution in [-0.2, 0) is 4.79 Å². The van der Waals surface area contributed by atoms with Crippen molar-refractivity contribution in [1.29, 1.82) is 0 Å². The number of hydrazone groups is 1. The van der Waals surface area contributed by atoms with E-state index in [1.54, 1.807) is 12.1 Å². The van der Waals surface area contributed by atoms with Crippen LogP contribution in [0, 0.1) is 5.82 Å². The molecule has 0 unspecified atom stereocenters. The predicted octanol–water partition coefficient (Wildman–Crippen LogP) is 5.84. The first-order valence-electron chi connectivity index (χ1n) is 9.68. The Morgan fingerprint density at radius 2 is 1.76 bits per heavy atom. The van der Waals surface area contributed by atoms with Gasteiger partial charge >= 0.3 is 0 Å². The first-order valence-corrected chi connectivity index (χ1v) is 12.2. The Bertz CT molecular complexity index is 1300. The van der Waals surface area contributed by atoms with Crippen molar-refractivity contribution in [3.63, 3.8) is 0 Å². The number of aromatic nitrogens is 3. The molecule has 3 aromatic carbocycles. The van der Waals surface area contributed by atoms with Gasteiger partial charge in [-0.25, -0.2) is 9.82 Å². The van der Waals surface area contributed by atoms with Crippen molar-refractivity contribution in [2.24, 2.45) is 5.10 Å². The van der Waals surface area contributed by atoms with E-state index in [0.29, 0.717) is 15.5 Å². The lowest BCUT2D eigenvalue weighted by molar-refractivity contribution is -0.118. The van der Waals surface area contributed by atoms with E-state index in [2.05, 4.69) is 52.6 Å². The van der Waals surface area contributed by atoms with Crippen molar-refractivity contribution in [3.8, 4) is 17.1 Å². The highest BCUT2D eigenvalue weighted by Gasteiger charge is 2.17. The lowest BCUT2D eigenvalue weighted by Gasteiger charge is -2.10. The van der Waals surface area contributed by atoms with E-state index in [9.17, 15) is 9.18 Å². The van der Waals surface area contributed by atoms with Gasteiger partial charge < -0.3 is 0 Å². The molecular weight excluding hydrogens is 573 g/mol. The van der Waals surface area contributed by atoms with Crippen LogP contribution in [0.4, 0.5) is 4.39 Å². The van der Waals surface area contributed by atoms with Crippen LogP contribution in [-0.4, -0.2) is 32.6 Å². The predicted molar refractivity (Wildman–Crippen MR) is 135 cm³/mol. The largest absolute Gasteiger partial charge is 0.272 e. The van der Waals surface area contributed by atoms with Crippen molar-refractivity contribution in [2.75, 3.05) is 5.75 Å². The zero-order chi connectivity index (χ0) is 23.2. The molecule has 1 aromatic heterocycles. The normalized spacial score (nSPS) is 11.1. The molecule has 1 N–H and O–H groups in total. The third kappa shape index (κ3) is 5.95. The summed E-state index contributed by atoms with van der Waals surface area (Å²) in [6.07, 6.45) is 1.26. The molecule has 0 aliphatic carbocycles. The maximum Gasteiger partial charge on any atom is 0.250 e. The van der Waals surface area contributed by atoms with Crippen molar-refractivity contribution in [3.05, 3.63) is 93.1 Å². The maximum absolute atomic E-state index is 13.8. The van der Waals surface area contributed by atoms with Crippen molar-refractivity contribution < 1.29 is 9.18 Å². The molecule has 0 aliphatic rings. The first-order chi connectivity index (χ1) is 16.0. The van der Waals surface area contributed by atoms with Crippen LogP contribution in [0.3, 0.4) is 0 Å². The average Bonchev–Trinajstić information content (AvgIpc) is 3.25. The first kappa shape index (κ1) is 23.3. The summed E-state index contributed by atoms with van der Waals surface area (Å²) in [5.74, 6) is -0.0502. The molecule has 0 radical (unpaired) electrons. The van der Waals surface area contributed by atoms with Crippen LogP contribution in [0.1, 0.15) is 5.56 Å². The number of nitrogens with zero attached hydrogens (tertiary/aromatic N) is 4. The second kappa shape index (κ2) is 10.9. The Balaban J connectivity index is 1.50. The molecule has 33 heavy (non-hydrogen) atoms. The van der Waals surface area contributed by atoms with E-state index in [-0.39, 0.29) is 17.2 Å². The van der Waals surface area contributed by atoms with Crippen LogP contribution in [0.15, 0.2) is 92.0 Å². The van der Waals surface area contributed by atoms with E-state index < -0.39 is 5.82 Å². The summed E-state index contributed by atoms with van der Waals surface area (Å²) in [7, 11) is 0. The standard InChI is InChI=1S/C23H16Br2FN5OS/c24-17-6-9-19(10-7-17)31-22(15-4-2-1-3-5-15)29-30-23(31)33-14-21(32)28-27-13-16-12-18(25)8-11-20(16)26/h1-13H,14H2,(H,28,32). The van der Waals surface area contributed by atoms with Gasteiger partial charge in [0, 0.05) is 25.8 Å². The van der Waals surface area contributed by atoms with Crippen molar-refractivity contribution >= 4 is 55.7 Å². The molecule has 166 valence electrons. The lowest BCUT2D eigenvalue weighted by atomic mass is 10.2. The number of carbonyl (C=O) groups is 1. The van der Waals surface area contributed by atoms with Crippen LogP contribution in [0.5, 0.6) is 0 Å². The Kier molecular flexibility index (Phi) is 7.69. The van der Waals surface area contributed by atoms with Crippen molar-refractivity contribution in [2.45, 2.75) is 5.16 Å². The molecule has 10 heteroatoms. The summed E-state index contributed by atoms with van der Waals surface area (Å²) in [4.78, 5) is 12.3. The molecule has 6 nitrogen and oxygen atoms in total. The van der Waals surface area contributed by atoms with Gasteiger partial charge in [-0.3, -0.25) is 9.36 Å². The molecule has 4 rings (SSSR count). The second-order valence-electron chi connectivity index (χ2n) is 6.73. The van der Waals surface area contributed by atoms with Gasteiger partial charge in [-0.2, -0.15) is 5.10 Å². The lowest BCUT2D eigenvalue weighted by Crippen LogP contribution is -2.20. The minimum atomic E-state index is -0.429. The van der Waals surface area contributed by atoms with Gasteiger partial charge in [0.15, 0.2) is 11.0 Å². The molecule has 4 aromatic rings. The van der Waals surface area contributed by atoms with Gasteiger partial charge in [0.25, 0.3) is 5.91 Å². The van der Waals surface area contributed by atoms with Crippen LogP contribution >= 0.6 is 43.6 Å². The van der Waals surface area contributed by atoms with E-state index >= 15 is 0 Å². The van der Waals surface area contributed by atoms with Crippen LogP contribution in [0.2, 0.25) is 0 Å². The Morgan fingerprint density at radius 1 is 1.03 bits per heavy atom. The fraction of sp³-hybridized carbons (Fsp3) is 0.0435. The molecule has 0 bridgehead atoms. The summed E-state index contributed by atoms with van der Waals surface area (Å²) in [6, 6.07) is 22.0. The number of amides is 1. The van der Waals surface area contributed by atoms with Crippen LogP contribution in [0.25, 0.3) is 17.1 Å². The van der Waals surface area contributed by atoms with E-state index in [4.69, 9.17) is 0 Å². The number of benzene rings is 3. The van der Waals surface area contributed by atoms with E-state index in [1.165, 1.54) is 24.0 Å². The highest BCUT2D eigenvalue weighted by atomic mass is 79.9. The molecule has 1 amide bonds. The SMILES string of the molecule is O=C(CSc1nnc(-c2ccccc2)n1-c1ccc(Br)cc1)NN=Cc1cc(Br)ccc1F. The number of rotatable bonds is 7. The molecule has 0 aliphatic heterocycles. The fourth-order valence-electron chi connectivity index (χ4n) is 2.91. The summed E-state index contributed by atoms with van der Waals surface area (Å²) in [5, 5.41) is 13.1. The number of thioether (sulfide) groups is 1. The van der Waals surface area contributed by atoms with Crippen LogP contribution < -0.4 is 5.43 Å². The highest BCUT2D eigenvalue weighted by molar-refractivity contribution is 9.10. The summed E-state index contributed by atoms with van der Waals surface area (Å²) in [6.45, 7) is 0. The summed E-state index contributed by atoms with van der Waals surface area (Å²) in [5.41, 5.74) is 4.46. The zero-order valence-corrected chi connectivity index (χ0v) is 20.9. The molecule has 0 spiro atoms. The number of halogens is 3. The molecular formula is C23H16Br2FN5OS. The number of carbonyl (C=O) groups excluding carboxylic acids is 1. The summed E-state index contributed by atoms with van der Waals surface area (Å²) < 4.78 is 17.4. The smallest absolute Gasteiger partial charge is 0.250 e. The third-order valence-corrected chi connectivity index (χ3v) is 6.38. The number of hydrogen-bond acceptors (Lipinski definition) is 5. The highest BCUT2D eigenvalue weighted by Crippen LogP contribution is 2.28. The number of hydrogen-bond donors (Lipinski definition) is 1. The average molecular weight is 589 g/mol. The Labute approximate surface area is 210 Å². The minimum absolute atomic E-state index is 0.0573. The van der Waals surface area contributed by atoms with E-state index in [1.807, 2.05) is 59.2 Å². The summed E-state index contributed by atoms with van der Waals surface area (Å²) >= 11 is 7.96. The van der Waals surface area contributed by atoms with Gasteiger partial charge in [0.2, 0.25) is 0 Å². The molecule has 0 saturated carbocycles. The quantitative estimate of drug-likeness (QED) is 0.167. The third-order valence-electron chi connectivity index (χ3n) is 4.43. The van der Waals surface area contributed by atoms with Crippen molar-refractivity contribution in [1.82, 2.24) is 20.2 Å². The van der Waals surface area contributed by atoms with Gasteiger partial charge in [-0.05, 0) is 42.5 Å². The molecule has 0 saturated heterocycles. The Hall–Kier alpha value is -2.82. The molecule has 1 heterocycles. The zero-order valence-electron chi connectivity index (χ0n) is 17.0. The fourth-order valence-corrected chi connectivity index (χ4v) is 4.30. The maximum atomic E-state index is 13.8. The monoisotopic (exact) mass is 587 g/mol. The van der Waals surface area contributed by atoms with Gasteiger partial charge in [-0.15, -0.1) is 10.2 Å². The van der Waals surface area contributed by atoms with Gasteiger partial charge in [0.05, 0.1) is 12.0 Å². The number of nitrogens with one attached hydrogen (secondary N) is 1.